The Morgan fingerprint density at radius 3 is 2.37 bits per heavy atom. The average Bonchev–Trinajstić information content (AvgIpc) is 2.81. The fourth-order valence-electron chi connectivity index (χ4n) is 3.60. The van der Waals surface area contributed by atoms with Gasteiger partial charge in [0.05, 0.1) is 6.61 Å². The van der Waals surface area contributed by atoms with Gasteiger partial charge in [0.25, 0.3) is 0 Å². The highest BCUT2D eigenvalue weighted by Crippen LogP contribution is 2.33. The average molecular weight is 260 g/mol. The van der Waals surface area contributed by atoms with Crippen LogP contribution in [0.1, 0.15) is 24.0 Å². The van der Waals surface area contributed by atoms with Gasteiger partial charge in [0, 0.05) is 32.2 Å². The summed E-state index contributed by atoms with van der Waals surface area (Å²) in [4.78, 5) is 2.59. The molecule has 1 fully saturated rings. The highest BCUT2D eigenvalue weighted by atomic mass is 16.5. The van der Waals surface area contributed by atoms with Crippen molar-refractivity contribution >= 4 is 0 Å². The summed E-state index contributed by atoms with van der Waals surface area (Å²) in [6.45, 7) is 6.52. The Kier molecular flexibility index (Phi) is 3.87. The lowest BCUT2D eigenvalue weighted by Crippen LogP contribution is -2.46. The SMILES string of the molecule is COCC1(CN2Cc3ccccc3C2)CCNCC1. The van der Waals surface area contributed by atoms with Gasteiger partial charge in [-0.2, -0.15) is 0 Å². The molecule has 0 radical (unpaired) electrons. The Bertz CT molecular complexity index is 396. The first-order chi connectivity index (χ1) is 9.31. The maximum Gasteiger partial charge on any atom is 0.0531 e. The molecule has 0 amide bonds. The van der Waals surface area contributed by atoms with Crippen molar-refractivity contribution in [3.63, 3.8) is 0 Å². The molecule has 0 spiro atoms. The minimum absolute atomic E-state index is 0.349. The molecule has 19 heavy (non-hydrogen) atoms. The van der Waals surface area contributed by atoms with Crippen molar-refractivity contribution in [3.05, 3.63) is 35.4 Å². The van der Waals surface area contributed by atoms with Crippen LogP contribution in [0, 0.1) is 5.41 Å². The van der Waals surface area contributed by atoms with Gasteiger partial charge in [-0.1, -0.05) is 24.3 Å². The molecule has 3 nitrogen and oxygen atoms in total. The van der Waals surface area contributed by atoms with Crippen LogP contribution in [0.3, 0.4) is 0 Å². The van der Waals surface area contributed by atoms with Gasteiger partial charge in [-0.15, -0.1) is 0 Å². The van der Waals surface area contributed by atoms with E-state index >= 15 is 0 Å². The monoisotopic (exact) mass is 260 g/mol. The normalized spacial score (nSPS) is 22.4. The van der Waals surface area contributed by atoms with Crippen LogP contribution in [0.2, 0.25) is 0 Å². The fraction of sp³-hybridized carbons (Fsp3) is 0.625. The number of hydrogen-bond acceptors (Lipinski definition) is 3. The Labute approximate surface area is 115 Å². The van der Waals surface area contributed by atoms with Crippen LogP contribution in [0.5, 0.6) is 0 Å². The summed E-state index contributed by atoms with van der Waals surface area (Å²) in [5.41, 5.74) is 3.36. The summed E-state index contributed by atoms with van der Waals surface area (Å²) in [5, 5.41) is 3.47. The summed E-state index contributed by atoms with van der Waals surface area (Å²) in [5.74, 6) is 0. The minimum Gasteiger partial charge on any atom is -0.384 e. The molecule has 0 atom stereocenters. The molecule has 3 heteroatoms. The Morgan fingerprint density at radius 2 is 1.79 bits per heavy atom. The Balaban J connectivity index is 1.67. The molecule has 0 saturated carbocycles. The predicted molar refractivity (Wildman–Crippen MR) is 77.0 cm³/mol. The molecule has 1 saturated heterocycles. The Morgan fingerprint density at radius 1 is 1.16 bits per heavy atom. The number of nitrogens with zero attached hydrogens (tertiary/aromatic N) is 1. The van der Waals surface area contributed by atoms with Crippen LogP contribution in [-0.4, -0.2) is 38.3 Å². The number of nitrogens with one attached hydrogen (secondary N) is 1. The van der Waals surface area contributed by atoms with Crippen LogP contribution in [0.25, 0.3) is 0 Å². The first-order valence-electron chi connectivity index (χ1n) is 7.30. The smallest absolute Gasteiger partial charge is 0.0531 e. The van der Waals surface area contributed by atoms with Crippen molar-refractivity contribution in [2.75, 3.05) is 33.4 Å². The van der Waals surface area contributed by atoms with Crippen molar-refractivity contribution in [1.29, 1.82) is 0 Å². The van der Waals surface area contributed by atoms with E-state index in [9.17, 15) is 0 Å². The quantitative estimate of drug-likeness (QED) is 0.896. The van der Waals surface area contributed by atoms with Gasteiger partial charge in [-0.25, -0.2) is 0 Å². The molecule has 104 valence electrons. The van der Waals surface area contributed by atoms with Crippen molar-refractivity contribution in [1.82, 2.24) is 10.2 Å². The lowest BCUT2D eigenvalue weighted by atomic mass is 9.79. The molecule has 1 N–H and O–H groups in total. The highest BCUT2D eigenvalue weighted by molar-refractivity contribution is 5.30. The maximum absolute atomic E-state index is 5.52. The number of benzene rings is 1. The third-order valence-electron chi connectivity index (χ3n) is 4.58. The van der Waals surface area contributed by atoms with Gasteiger partial charge in [0.1, 0.15) is 0 Å². The summed E-state index contributed by atoms with van der Waals surface area (Å²) < 4.78 is 5.52. The van der Waals surface area contributed by atoms with E-state index in [0.717, 1.165) is 39.3 Å². The van der Waals surface area contributed by atoms with Gasteiger partial charge in [-0.3, -0.25) is 4.90 Å². The van der Waals surface area contributed by atoms with E-state index in [0.29, 0.717) is 5.41 Å². The van der Waals surface area contributed by atoms with Crippen molar-refractivity contribution < 1.29 is 4.74 Å². The summed E-state index contributed by atoms with van der Waals surface area (Å²) in [6.07, 6.45) is 2.46. The van der Waals surface area contributed by atoms with E-state index < -0.39 is 0 Å². The zero-order valence-electron chi connectivity index (χ0n) is 11.8. The molecule has 0 unspecified atom stereocenters. The van der Waals surface area contributed by atoms with E-state index in [2.05, 4.69) is 34.5 Å². The second kappa shape index (κ2) is 5.61. The molecule has 1 aromatic carbocycles. The second-order valence-corrected chi connectivity index (χ2v) is 6.10. The minimum atomic E-state index is 0.349. The maximum atomic E-state index is 5.52. The van der Waals surface area contributed by atoms with E-state index in [-0.39, 0.29) is 0 Å². The van der Waals surface area contributed by atoms with E-state index in [4.69, 9.17) is 4.74 Å². The van der Waals surface area contributed by atoms with Crippen LogP contribution < -0.4 is 5.32 Å². The van der Waals surface area contributed by atoms with Crippen LogP contribution in [-0.2, 0) is 17.8 Å². The number of ether oxygens (including phenoxy) is 1. The number of fused-ring (bicyclic) bond motifs is 1. The van der Waals surface area contributed by atoms with Crippen LogP contribution >= 0.6 is 0 Å². The van der Waals surface area contributed by atoms with Gasteiger partial charge in [0.2, 0.25) is 0 Å². The number of piperidine rings is 1. The van der Waals surface area contributed by atoms with Crippen molar-refractivity contribution in [2.45, 2.75) is 25.9 Å². The molecule has 2 heterocycles. The summed E-state index contributed by atoms with van der Waals surface area (Å²) >= 11 is 0. The van der Waals surface area contributed by atoms with Crippen molar-refractivity contribution in [2.24, 2.45) is 5.41 Å². The zero-order valence-corrected chi connectivity index (χ0v) is 11.8. The molecule has 0 bridgehead atoms. The summed E-state index contributed by atoms with van der Waals surface area (Å²) in [6, 6.07) is 8.83. The Hall–Kier alpha value is -0.900. The van der Waals surface area contributed by atoms with Crippen LogP contribution in [0.4, 0.5) is 0 Å². The van der Waals surface area contributed by atoms with E-state index in [1.807, 2.05) is 7.11 Å². The van der Waals surface area contributed by atoms with E-state index in [1.165, 1.54) is 24.0 Å². The standard InChI is InChI=1S/C16H24N2O/c1-19-13-16(6-8-17-9-7-16)12-18-10-14-4-2-3-5-15(14)11-18/h2-5,17H,6-13H2,1H3. The van der Waals surface area contributed by atoms with Crippen LogP contribution in [0.15, 0.2) is 24.3 Å². The first kappa shape index (κ1) is 13.1. The molecular weight excluding hydrogens is 236 g/mol. The van der Waals surface area contributed by atoms with Gasteiger partial charge in [-0.05, 0) is 37.1 Å². The third kappa shape index (κ3) is 2.83. The molecule has 1 aromatic rings. The van der Waals surface area contributed by atoms with E-state index in [1.54, 1.807) is 0 Å². The molecule has 2 aliphatic heterocycles. The van der Waals surface area contributed by atoms with Gasteiger partial charge >= 0.3 is 0 Å². The highest BCUT2D eigenvalue weighted by Gasteiger charge is 2.35. The predicted octanol–water partition coefficient (Wildman–Crippen LogP) is 2.02. The second-order valence-electron chi connectivity index (χ2n) is 6.10. The molecule has 0 aliphatic carbocycles. The van der Waals surface area contributed by atoms with Gasteiger partial charge < -0.3 is 10.1 Å². The topological polar surface area (TPSA) is 24.5 Å². The molecule has 2 aliphatic rings. The van der Waals surface area contributed by atoms with Crippen molar-refractivity contribution in [3.8, 4) is 0 Å². The molecular formula is C16H24N2O. The summed E-state index contributed by atoms with van der Waals surface area (Å²) in [7, 11) is 1.84. The third-order valence-corrected chi connectivity index (χ3v) is 4.58. The molecule has 0 aromatic heterocycles. The first-order valence-corrected chi connectivity index (χ1v) is 7.30. The lowest BCUT2D eigenvalue weighted by molar-refractivity contribution is 0.0213. The molecule has 3 rings (SSSR count). The number of rotatable bonds is 4. The largest absolute Gasteiger partial charge is 0.384 e. The lowest BCUT2D eigenvalue weighted by Gasteiger charge is -2.39. The number of methoxy groups -OCH3 is 1. The fourth-order valence-corrected chi connectivity index (χ4v) is 3.60. The zero-order chi connectivity index (χ0) is 13.1. The van der Waals surface area contributed by atoms with Gasteiger partial charge in [0.15, 0.2) is 0 Å². The number of hydrogen-bond donors (Lipinski definition) is 1.